The van der Waals surface area contributed by atoms with E-state index in [9.17, 15) is 4.79 Å². The van der Waals surface area contributed by atoms with Gasteiger partial charge in [-0.15, -0.1) is 0 Å². The third-order valence-electron chi connectivity index (χ3n) is 1.97. The van der Waals surface area contributed by atoms with Gasteiger partial charge in [-0.3, -0.25) is 9.69 Å². The van der Waals surface area contributed by atoms with E-state index in [0.717, 1.165) is 26.2 Å². The lowest BCUT2D eigenvalue weighted by Gasteiger charge is -2.31. The maximum Gasteiger partial charge on any atom is 0.310 e. The molecular weight excluding hydrogens is 142 g/mol. The molecule has 0 bridgehead atoms. The van der Waals surface area contributed by atoms with Crippen LogP contribution in [0.2, 0.25) is 0 Å². The summed E-state index contributed by atoms with van der Waals surface area (Å²) in [7, 11) is 0. The summed E-state index contributed by atoms with van der Waals surface area (Å²) in [5.74, 6) is 0. The standard InChI is InChI=1S/C7H14N3O/c1-7(9-6-11)10-4-2-8-3-5-10/h7-8H,2-5H2,1H3,(H,9,11). The van der Waals surface area contributed by atoms with Crippen molar-refractivity contribution in [3.05, 3.63) is 0 Å². The van der Waals surface area contributed by atoms with Crippen molar-refractivity contribution in [3.8, 4) is 0 Å². The third kappa shape index (κ3) is 2.48. The third-order valence-corrected chi connectivity index (χ3v) is 1.97. The van der Waals surface area contributed by atoms with E-state index in [1.807, 2.05) is 6.92 Å². The van der Waals surface area contributed by atoms with Crippen LogP contribution >= 0.6 is 0 Å². The van der Waals surface area contributed by atoms with Crippen LogP contribution in [0.4, 0.5) is 0 Å². The summed E-state index contributed by atoms with van der Waals surface area (Å²) in [4.78, 5) is 12.2. The maximum absolute atomic E-state index is 9.98. The average Bonchev–Trinajstić information content (AvgIpc) is 2.07. The van der Waals surface area contributed by atoms with Crippen LogP contribution in [0.5, 0.6) is 0 Å². The van der Waals surface area contributed by atoms with Gasteiger partial charge in [-0.05, 0) is 6.92 Å². The van der Waals surface area contributed by atoms with Crippen LogP contribution < -0.4 is 10.6 Å². The molecule has 0 aromatic carbocycles. The Hall–Kier alpha value is -0.610. The van der Waals surface area contributed by atoms with E-state index in [2.05, 4.69) is 15.5 Å². The predicted molar refractivity (Wildman–Crippen MR) is 42.7 cm³/mol. The SMILES string of the molecule is CC(N[C]=O)N1CCNCC1. The van der Waals surface area contributed by atoms with Crippen molar-refractivity contribution in [1.29, 1.82) is 0 Å². The highest BCUT2D eigenvalue weighted by molar-refractivity contribution is 5.47. The van der Waals surface area contributed by atoms with E-state index in [-0.39, 0.29) is 6.17 Å². The van der Waals surface area contributed by atoms with Crippen LogP contribution in [0, 0.1) is 0 Å². The average molecular weight is 156 g/mol. The highest BCUT2D eigenvalue weighted by Crippen LogP contribution is 1.96. The summed E-state index contributed by atoms with van der Waals surface area (Å²) >= 11 is 0. The molecule has 1 fully saturated rings. The number of piperazine rings is 1. The molecule has 0 aromatic heterocycles. The van der Waals surface area contributed by atoms with Gasteiger partial charge >= 0.3 is 6.41 Å². The molecule has 0 spiro atoms. The smallest absolute Gasteiger partial charge is 0.310 e. The molecule has 63 valence electrons. The first-order chi connectivity index (χ1) is 5.34. The van der Waals surface area contributed by atoms with Gasteiger partial charge in [-0.1, -0.05) is 0 Å². The fourth-order valence-corrected chi connectivity index (χ4v) is 1.25. The molecule has 4 heteroatoms. The zero-order valence-electron chi connectivity index (χ0n) is 6.76. The Labute approximate surface area is 66.9 Å². The quantitative estimate of drug-likeness (QED) is 0.509. The van der Waals surface area contributed by atoms with Crippen molar-refractivity contribution in [1.82, 2.24) is 15.5 Å². The van der Waals surface area contributed by atoms with E-state index in [1.54, 1.807) is 6.41 Å². The normalized spacial score (nSPS) is 22.6. The van der Waals surface area contributed by atoms with Crippen molar-refractivity contribution in [3.63, 3.8) is 0 Å². The topological polar surface area (TPSA) is 44.4 Å². The Morgan fingerprint density at radius 1 is 1.55 bits per heavy atom. The molecule has 2 N–H and O–H groups in total. The Morgan fingerprint density at radius 3 is 2.73 bits per heavy atom. The Bertz CT molecular complexity index is 123. The molecule has 1 unspecified atom stereocenters. The van der Waals surface area contributed by atoms with Gasteiger partial charge in [0.05, 0.1) is 6.17 Å². The second-order valence-electron chi connectivity index (χ2n) is 2.71. The molecule has 1 radical (unpaired) electrons. The highest BCUT2D eigenvalue weighted by atomic mass is 16.1. The summed E-state index contributed by atoms with van der Waals surface area (Å²) in [5, 5.41) is 5.85. The van der Waals surface area contributed by atoms with Gasteiger partial charge in [0.25, 0.3) is 0 Å². The number of nitrogens with zero attached hydrogens (tertiary/aromatic N) is 1. The van der Waals surface area contributed by atoms with E-state index in [1.165, 1.54) is 0 Å². The number of nitrogens with one attached hydrogen (secondary N) is 2. The molecule has 1 rings (SSSR count). The minimum atomic E-state index is 0.120. The molecular formula is C7H14N3O. The van der Waals surface area contributed by atoms with Crippen LogP contribution in [0.3, 0.4) is 0 Å². The minimum Gasteiger partial charge on any atom is -0.333 e. The molecule has 11 heavy (non-hydrogen) atoms. The molecule has 4 nitrogen and oxygen atoms in total. The molecule has 1 atom stereocenters. The van der Waals surface area contributed by atoms with Crippen molar-refractivity contribution < 1.29 is 4.79 Å². The van der Waals surface area contributed by atoms with E-state index >= 15 is 0 Å². The zero-order chi connectivity index (χ0) is 8.10. The van der Waals surface area contributed by atoms with Crippen molar-refractivity contribution >= 4 is 6.41 Å². The molecule has 0 saturated carbocycles. The second-order valence-corrected chi connectivity index (χ2v) is 2.71. The van der Waals surface area contributed by atoms with Crippen molar-refractivity contribution in [2.45, 2.75) is 13.1 Å². The highest BCUT2D eigenvalue weighted by Gasteiger charge is 2.14. The van der Waals surface area contributed by atoms with Crippen LogP contribution in [-0.2, 0) is 4.79 Å². The van der Waals surface area contributed by atoms with Crippen LogP contribution in [-0.4, -0.2) is 43.7 Å². The molecule has 1 heterocycles. The summed E-state index contributed by atoms with van der Waals surface area (Å²) in [5.41, 5.74) is 0. The Morgan fingerprint density at radius 2 is 2.18 bits per heavy atom. The van der Waals surface area contributed by atoms with Crippen molar-refractivity contribution in [2.24, 2.45) is 0 Å². The summed E-state index contributed by atoms with van der Waals surface area (Å²) in [6, 6.07) is 0. The molecule has 1 amide bonds. The van der Waals surface area contributed by atoms with E-state index in [4.69, 9.17) is 0 Å². The maximum atomic E-state index is 9.98. The van der Waals surface area contributed by atoms with Crippen LogP contribution in [0.15, 0.2) is 0 Å². The van der Waals surface area contributed by atoms with Gasteiger partial charge in [0.2, 0.25) is 0 Å². The minimum absolute atomic E-state index is 0.120. The lowest BCUT2D eigenvalue weighted by atomic mass is 10.3. The molecule has 0 aliphatic carbocycles. The van der Waals surface area contributed by atoms with Crippen LogP contribution in [0.1, 0.15) is 6.92 Å². The summed E-state index contributed by atoms with van der Waals surface area (Å²) < 4.78 is 0. The van der Waals surface area contributed by atoms with Crippen LogP contribution in [0.25, 0.3) is 0 Å². The van der Waals surface area contributed by atoms with E-state index < -0.39 is 0 Å². The molecule has 1 aliphatic rings. The monoisotopic (exact) mass is 156 g/mol. The number of carbonyl (C=O) groups excluding carboxylic acids is 1. The lowest BCUT2D eigenvalue weighted by molar-refractivity contribution is 0.172. The fraction of sp³-hybridized carbons (Fsp3) is 0.857. The first-order valence-electron chi connectivity index (χ1n) is 3.92. The Balaban J connectivity index is 2.26. The largest absolute Gasteiger partial charge is 0.333 e. The number of hydrogen-bond acceptors (Lipinski definition) is 3. The fourth-order valence-electron chi connectivity index (χ4n) is 1.25. The molecule has 0 aromatic rings. The summed E-state index contributed by atoms with van der Waals surface area (Å²) in [6.45, 7) is 5.97. The van der Waals surface area contributed by atoms with Gasteiger partial charge in [0, 0.05) is 26.2 Å². The first kappa shape index (κ1) is 8.49. The number of rotatable bonds is 3. The zero-order valence-corrected chi connectivity index (χ0v) is 6.76. The van der Waals surface area contributed by atoms with Gasteiger partial charge in [-0.2, -0.15) is 0 Å². The van der Waals surface area contributed by atoms with Crippen molar-refractivity contribution in [2.75, 3.05) is 26.2 Å². The number of amides is 1. The second kappa shape index (κ2) is 4.31. The first-order valence-corrected chi connectivity index (χ1v) is 3.92. The van der Waals surface area contributed by atoms with Gasteiger partial charge in [-0.25, -0.2) is 0 Å². The van der Waals surface area contributed by atoms with E-state index in [0.29, 0.717) is 0 Å². The van der Waals surface area contributed by atoms with Gasteiger partial charge < -0.3 is 10.6 Å². The Kier molecular flexibility index (Phi) is 3.32. The van der Waals surface area contributed by atoms with Gasteiger partial charge in [0.15, 0.2) is 0 Å². The molecule has 1 saturated heterocycles. The molecule has 1 aliphatic heterocycles. The predicted octanol–water partition coefficient (Wildman–Crippen LogP) is -1.11. The van der Waals surface area contributed by atoms with Gasteiger partial charge in [0.1, 0.15) is 0 Å². The number of hydrogen-bond donors (Lipinski definition) is 2. The lowest BCUT2D eigenvalue weighted by Crippen LogP contribution is -2.52. The summed E-state index contributed by atoms with van der Waals surface area (Å²) in [6.07, 6.45) is 1.82.